The lowest BCUT2D eigenvalue weighted by Gasteiger charge is -2.08. The maximum absolute atomic E-state index is 13.3. The first kappa shape index (κ1) is 21.8. The molecule has 158 valence electrons. The molecule has 1 aromatic heterocycles. The summed E-state index contributed by atoms with van der Waals surface area (Å²) in [5, 5.41) is 9.56. The van der Waals surface area contributed by atoms with E-state index in [1.165, 1.54) is 11.7 Å². The van der Waals surface area contributed by atoms with Gasteiger partial charge in [0.2, 0.25) is 0 Å². The van der Waals surface area contributed by atoms with Crippen LogP contribution < -0.4 is 4.74 Å². The van der Waals surface area contributed by atoms with Crippen LogP contribution in [0, 0.1) is 18.3 Å². The third-order valence-corrected chi connectivity index (χ3v) is 5.02. The van der Waals surface area contributed by atoms with Gasteiger partial charge < -0.3 is 9.47 Å². The van der Waals surface area contributed by atoms with Gasteiger partial charge in [-0.05, 0) is 56.3 Å². The highest BCUT2D eigenvalue weighted by Crippen LogP contribution is 2.31. The van der Waals surface area contributed by atoms with E-state index in [4.69, 9.17) is 14.7 Å². The van der Waals surface area contributed by atoms with Gasteiger partial charge in [-0.1, -0.05) is 0 Å². The summed E-state index contributed by atoms with van der Waals surface area (Å²) < 4.78 is 11.7. The molecule has 2 aromatic carbocycles. The number of benzene rings is 2. The van der Waals surface area contributed by atoms with Crippen LogP contribution in [0.4, 0.5) is 0 Å². The minimum Gasteiger partial charge on any atom is -0.497 e. The van der Waals surface area contributed by atoms with Crippen LogP contribution >= 0.6 is 0 Å². The third-order valence-electron chi connectivity index (χ3n) is 5.02. The second-order valence-electron chi connectivity index (χ2n) is 6.90. The Kier molecular flexibility index (Phi) is 6.51. The summed E-state index contributed by atoms with van der Waals surface area (Å²) >= 11 is 0. The fourth-order valence-corrected chi connectivity index (χ4v) is 3.53. The molecule has 0 fully saturated rings. The Morgan fingerprint density at radius 2 is 1.77 bits per heavy atom. The third kappa shape index (κ3) is 4.33. The summed E-state index contributed by atoms with van der Waals surface area (Å²) in [5.74, 6) is -0.463. The Bertz CT molecular complexity index is 1200. The molecule has 0 spiro atoms. The molecule has 1 heterocycles. The van der Waals surface area contributed by atoms with Gasteiger partial charge in [0.1, 0.15) is 5.75 Å². The fraction of sp³-hybridized carbons (Fsp3) is 0.250. The number of hydrogen-bond acceptors (Lipinski definition) is 6. The molecule has 0 N–H and O–H groups in total. The molecular formula is C24H22N2O5. The van der Waals surface area contributed by atoms with E-state index in [1.807, 2.05) is 6.07 Å². The van der Waals surface area contributed by atoms with Crippen LogP contribution in [0.2, 0.25) is 0 Å². The number of Topliss-reactive ketones (excluding diaryl/α,β-unsaturated/α-hetero) is 1. The maximum Gasteiger partial charge on any atom is 0.306 e. The first-order chi connectivity index (χ1) is 14.9. The van der Waals surface area contributed by atoms with Crippen molar-refractivity contribution in [2.45, 2.75) is 26.7 Å². The van der Waals surface area contributed by atoms with E-state index in [0.29, 0.717) is 39.0 Å². The van der Waals surface area contributed by atoms with Crippen LogP contribution in [0.1, 0.15) is 51.7 Å². The van der Waals surface area contributed by atoms with Crippen molar-refractivity contribution in [3.63, 3.8) is 0 Å². The molecule has 7 heteroatoms. The number of rotatable bonds is 7. The molecule has 0 unspecified atom stereocenters. The minimum atomic E-state index is -0.441. The number of nitriles is 1. The Balaban J connectivity index is 2.09. The number of fused-ring (bicyclic) bond motifs is 1. The summed E-state index contributed by atoms with van der Waals surface area (Å²) in [6.45, 7) is 3.66. The highest BCUT2D eigenvalue weighted by atomic mass is 16.5. The number of methoxy groups -OCH3 is 1. The molecule has 0 radical (unpaired) electrons. The lowest BCUT2D eigenvalue weighted by Crippen LogP contribution is -2.14. The molecule has 0 aliphatic carbocycles. The molecule has 0 saturated carbocycles. The number of carbonyl (C=O) groups is 3. The zero-order chi connectivity index (χ0) is 22.5. The minimum absolute atomic E-state index is 0.0267. The summed E-state index contributed by atoms with van der Waals surface area (Å²) in [5.41, 5.74) is 2.25. The van der Waals surface area contributed by atoms with E-state index in [9.17, 15) is 14.4 Å². The first-order valence-electron chi connectivity index (χ1n) is 9.84. The molecule has 3 rings (SSSR count). The highest BCUT2D eigenvalue weighted by Gasteiger charge is 2.24. The van der Waals surface area contributed by atoms with Gasteiger partial charge in [-0.2, -0.15) is 5.26 Å². The number of aromatic nitrogens is 1. The molecule has 7 nitrogen and oxygen atoms in total. The molecular weight excluding hydrogens is 396 g/mol. The Morgan fingerprint density at radius 3 is 2.39 bits per heavy atom. The van der Waals surface area contributed by atoms with Gasteiger partial charge in [-0.15, -0.1) is 0 Å². The van der Waals surface area contributed by atoms with Gasteiger partial charge in [0.25, 0.3) is 5.91 Å². The van der Waals surface area contributed by atoms with Crippen LogP contribution in [0.5, 0.6) is 5.75 Å². The van der Waals surface area contributed by atoms with Crippen molar-refractivity contribution in [1.82, 2.24) is 4.57 Å². The Labute approximate surface area is 179 Å². The zero-order valence-corrected chi connectivity index (χ0v) is 17.6. The molecule has 0 aliphatic heterocycles. The summed E-state index contributed by atoms with van der Waals surface area (Å²) in [4.78, 5) is 38.0. The van der Waals surface area contributed by atoms with Crippen molar-refractivity contribution >= 4 is 28.6 Å². The molecule has 31 heavy (non-hydrogen) atoms. The summed E-state index contributed by atoms with van der Waals surface area (Å²) in [6.07, 6.45) is -0.0621. The van der Waals surface area contributed by atoms with Crippen LogP contribution in [-0.4, -0.2) is 35.9 Å². The van der Waals surface area contributed by atoms with Crippen LogP contribution in [0.15, 0.2) is 42.5 Å². The van der Waals surface area contributed by atoms with Crippen molar-refractivity contribution in [2.24, 2.45) is 0 Å². The van der Waals surface area contributed by atoms with Crippen LogP contribution in [0.3, 0.4) is 0 Å². The number of carbonyl (C=O) groups excluding carboxylic acids is 3. The Morgan fingerprint density at radius 1 is 1.06 bits per heavy atom. The smallest absolute Gasteiger partial charge is 0.306 e. The SMILES string of the molecule is CCOC(=O)CCC(=O)c1c(C)n(C(=O)c2ccc(C#N)cc2)c2ccc(OC)cc12. The molecule has 0 amide bonds. The molecule has 0 atom stereocenters. The largest absolute Gasteiger partial charge is 0.497 e. The van der Waals surface area contributed by atoms with Gasteiger partial charge in [-0.3, -0.25) is 19.0 Å². The van der Waals surface area contributed by atoms with E-state index in [-0.39, 0.29) is 31.1 Å². The number of ketones is 1. The highest BCUT2D eigenvalue weighted by molar-refractivity contribution is 6.14. The van der Waals surface area contributed by atoms with E-state index in [2.05, 4.69) is 0 Å². The van der Waals surface area contributed by atoms with Gasteiger partial charge in [0, 0.05) is 28.6 Å². The maximum atomic E-state index is 13.3. The van der Waals surface area contributed by atoms with E-state index in [1.54, 1.807) is 56.3 Å². The summed E-state index contributed by atoms with van der Waals surface area (Å²) in [7, 11) is 1.52. The zero-order valence-electron chi connectivity index (χ0n) is 17.6. The van der Waals surface area contributed by atoms with Crippen molar-refractivity contribution < 1.29 is 23.9 Å². The second-order valence-corrected chi connectivity index (χ2v) is 6.90. The second kappa shape index (κ2) is 9.26. The van der Waals surface area contributed by atoms with Crippen molar-refractivity contribution in [3.8, 4) is 11.8 Å². The van der Waals surface area contributed by atoms with Gasteiger partial charge in [0.05, 0.1) is 37.3 Å². The number of hydrogen-bond donors (Lipinski definition) is 0. The van der Waals surface area contributed by atoms with Crippen LogP contribution in [0.25, 0.3) is 10.9 Å². The van der Waals surface area contributed by atoms with E-state index >= 15 is 0 Å². The predicted octanol–water partition coefficient (Wildman–Crippen LogP) is 4.04. The summed E-state index contributed by atoms with van der Waals surface area (Å²) in [6, 6.07) is 13.5. The van der Waals surface area contributed by atoms with Gasteiger partial charge >= 0.3 is 5.97 Å². The molecule has 0 saturated heterocycles. The number of ether oxygens (including phenoxy) is 2. The number of esters is 1. The lowest BCUT2D eigenvalue weighted by molar-refractivity contribution is -0.143. The lowest BCUT2D eigenvalue weighted by atomic mass is 10.0. The molecule has 0 aliphatic rings. The number of nitrogens with zero attached hydrogens (tertiary/aromatic N) is 2. The predicted molar refractivity (Wildman–Crippen MR) is 114 cm³/mol. The van der Waals surface area contributed by atoms with Crippen LogP contribution in [-0.2, 0) is 9.53 Å². The van der Waals surface area contributed by atoms with Crippen molar-refractivity contribution in [1.29, 1.82) is 5.26 Å². The first-order valence-corrected chi connectivity index (χ1v) is 9.84. The Hall–Kier alpha value is -3.92. The normalized spacial score (nSPS) is 10.5. The quantitative estimate of drug-likeness (QED) is 0.424. The van der Waals surface area contributed by atoms with Crippen molar-refractivity contribution in [2.75, 3.05) is 13.7 Å². The van der Waals surface area contributed by atoms with Gasteiger partial charge in [-0.25, -0.2) is 0 Å². The topological polar surface area (TPSA) is 98.4 Å². The van der Waals surface area contributed by atoms with Gasteiger partial charge in [0.15, 0.2) is 5.78 Å². The van der Waals surface area contributed by atoms with E-state index < -0.39 is 5.97 Å². The molecule has 3 aromatic rings. The van der Waals surface area contributed by atoms with Crippen molar-refractivity contribution in [3.05, 3.63) is 64.8 Å². The fourth-order valence-electron chi connectivity index (χ4n) is 3.53. The van der Waals surface area contributed by atoms with E-state index in [0.717, 1.165) is 0 Å². The average Bonchev–Trinajstić information content (AvgIpc) is 3.08. The average molecular weight is 418 g/mol. The standard InChI is InChI=1S/C24H22N2O5/c1-4-31-22(28)12-11-21(27)23-15(2)26(20-10-9-18(30-3)13-19(20)23)24(29)17-7-5-16(14-25)6-8-17/h5-10,13H,4,11-12H2,1-3H3. The molecule has 0 bridgehead atoms. The monoisotopic (exact) mass is 418 g/mol.